The van der Waals surface area contributed by atoms with E-state index >= 15 is 0 Å². The third-order valence-corrected chi connectivity index (χ3v) is 3.45. The molecule has 2 N–H and O–H groups in total. The monoisotopic (exact) mass is 296 g/mol. The van der Waals surface area contributed by atoms with Gasteiger partial charge in [-0.2, -0.15) is 0 Å². The quantitative estimate of drug-likeness (QED) is 0.701. The van der Waals surface area contributed by atoms with E-state index in [1.807, 2.05) is 24.4 Å². The summed E-state index contributed by atoms with van der Waals surface area (Å²) in [4.78, 5) is 30.2. The van der Waals surface area contributed by atoms with Gasteiger partial charge in [-0.15, -0.1) is 0 Å². The number of aromatic amines is 1. The number of amides is 1. The molecule has 0 atom stereocenters. The maximum absolute atomic E-state index is 11.9. The van der Waals surface area contributed by atoms with Gasteiger partial charge in [-0.25, -0.2) is 4.98 Å². The van der Waals surface area contributed by atoms with Crippen molar-refractivity contribution in [1.82, 2.24) is 19.9 Å². The van der Waals surface area contributed by atoms with Crippen LogP contribution in [0.3, 0.4) is 0 Å². The third-order valence-electron chi connectivity index (χ3n) is 3.45. The molecule has 6 nitrogen and oxygen atoms in total. The first-order chi connectivity index (χ1) is 10.8. The molecule has 3 aromatic heterocycles. The number of aromatic nitrogens is 3. The Morgan fingerprint density at radius 1 is 1.27 bits per heavy atom. The van der Waals surface area contributed by atoms with Gasteiger partial charge in [-0.05, 0) is 36.8 Å². The standard InChI is InChI=1S/C16H16N4O2/c21-15-13(5-2-8-18-15)16(22)19-9-3-10-20-11-6-12-4-1-7-17-14(12)20/h1-2,4-8,11H,3,9-10H2,(H,18,21)(H,19,22). The number of nitrogens with one attached hydrogen (secondary N) is 2. The molecule has 0 saturated heterocycles. The number of rotatable bonds is 5. The predicted molar refractivity (Wildman–Crippen MR) is 83.7 cm³/mol. The van der Waals surface area contributed by atoms with Crippen LogP contribution >= 0.6 is 0 Å². The number of carbonyl (C=O) groups excluding carboxylic acids is 1. The lowest BCUT2D eigenvalue weighted by Crippen LogP contribution is -2.30. The Labute approximate surface area is 126 Å². The number of carbonyl (C=O) groups is 1. The highest BCUT2D eigenvalue weighted by Crippen LogP contribution is 2.12. The Hall–Kier alpha value is -2.89. The van der Waals surface area contributed by atoms with Crippen LogP contribution in [0, 0.1) is 0 Å². The lowest BCUT2D eigenvalue weighted by Gasteiger charge is -2.06. The molecule has 0 fully saturated rings. The van der Waals surface area contributed by atoms with Gasteiger partial charge in [0.1, 0.15) is 11.2 Å². The second-order valence-corrected chi connectivity index (χ2v) is 4.95. The number of hydrogen-bond acceptors (Lipinski definition) is 3. The van der Waals surface area contributed by atoms with Crippen molar-refractivity contribution in [2.24, 2.45) is 0 Å². The Morgan fingerprint density at radius 2 is 2.18 bits per heavy atom. The highest BCUT2D eigenvalue weighted by atomic mass is 16.2. The van der Waals surface area contributed by atoms with E-state index < -0.39 is 0 Å². The van der Waals surface area contributed by atoms with Crippen molar-refractivity contribution in [2.45, 2.75) is 13.0 Å². The number of pyridine rings is 2. The van der Waals surface area contributed by atoms with Gasteiger partial charge in [-0.3, -0.25) is 9.59 Å². The van der Waals surface area contributed by atoms with E-state index in [-0.39, 0.29) is 17.0 Å². The van der Waals surface area contributed by atoms with Crippen LogP contribution in [-0.4, -0.2) is 27.0 Å². The van der Waals surface area contributed by atoms with Crippen LogP contribution in [0.25, 0.3) is 11.0 Å². The normalized spacial score (nSPS) is 10.7. The number of aryl methyl sites for hydroxylation is 1. The highest BCUT2D eigenvalue weighted by Gasteiger charge is 2.08. The highest BCUT2D eigenvalue weighted by molar-refractivity contribution is 5.93. The minimum absolute atomic E-state index is 0.135. The van der Waals surface area contributed by atoms with Gasteiger partial charge in [-0.1, -0.05) is 0 Å². The van der Waals surface area contributed by atoms with E-state index in [9.17, 15) is 9.59 Å². The summed E-state index contributed by atoms with van der Waals surface area (Å²) in [5, 5.41) is 3.86. The molecule has 112 valence electrons. The zero-order valence-corrected chi connectivity index (χ0v) is 12.0. The van der Waals surface area contributed by atoms with Gasteiger partial charge < -0.3 is 14.9 Å². The first kappa shape index (κ1) is 14.1. The lowest BCUT2D eigenvalue weighted by atomic mass is 10.2. The number of H-pyrrole nitrogens is 1. The van der Waals surface area contributed by atoms with E-state index in [0.29, 0.717) is 6.54 Å². The molecule has 0 aliphatic heterocycles. The summed E-state index contributed by atoms with van der Waals surface area (Å²) in [7, 11) is 0. The van der Waals surface area contributed by atoms with Crippen LogP contribution in [-0.2, 0) is 6.54 Å². The Kier molecular flexibility index (Phi) is 4.00. The SMILES string of the molecule is O=C(NCCCn1ccc2cccnc21)c1ccc[nH]c1=O. The molecule has 0 aliphatic carbocycles. The number of nitrogens with zero attached hydrogens (tertiary/aromatic N) is 2. The third kappa shape index (κ3) is 2.90. The van der Waals surface area contributed by atoms with Crippen LogP contribution in [0.1, 0.15) is 16.8 Å². The molecule has 3 aromatic rings. The van der Waals surface area contributed by atoms with Gasteiger partial charge in [0.15, 0.2) is 0 Å². The molecule has 1 amide bonds. The van der Waals surface area contributed by atoms with Crippen molar-refractivity contribution in [1.29, 1.82) is 0 Å². The molecule has 0 aromatic carbocycles. The van der Waals surface area contributed by atoms with Gasteiger partial charge in [0.05, 0.1) is 0 Å². The fraction of sp³-hybridized carbons (Fsp3) is 0.188. The van der Waals surface area contributed by atoms with E-state index in [0.717, 1.165) is 24.0 Å². The van der Waals surface area contributed by atoms with Crippen molar-refractivity contribution in [2.75, 3.05) is 6.54 Å². The molecule has 0 saturated carbocycles. The Balaban J connectivity index is 1.55. The fourth-order valence-electron chi connectivity index (χ4n) is 2.35. The van der Waals surface area contributed by atoms with Crippen molar-refractivity contribution in [3.8, 4) is 0 Å². The molecule has 3 heterocycles. The maximum Gasteiger partial charge on any atom is 0.260 e. The van der Waals surface area contributed by atoms with Crippen LogP contribution < -0.4 is 10.9 Å². The van der Waals surface area contributed by atoms with Crippen LogP contribution in [0.4, 0.5) is 0 Å². The maximum atomic E-state index is 11.9. The van der Waals surface area contributed by atoms with Crippen molar-refractivity contribution in [3.05, 3.63) is 64.8 Å². The zero-order valence-electron chi connectivity index (χ0n) is 12.0. The summed E-state index contributed by atoms with van der Waals surface area (Å²) in [5.41, 5.74) is 0.699. The summed E-state index contributed by atoms with van der Waals surface area (Å²) in [6, 6.07) is 9.09. The first-order valence-corrected chi connectivity index (χ1v) is 7.11. The van der Waals surface area contributed by atoms with Gasteiger partial charge in [0, 0.05) is 37.1 Å². The lowest BCUT2D eigenvalue weighted by molar-refractivity contribution is 0.0951. The number of hydrogen-bond donors (Lipinski definition) is 2. The molecule has 0 unspecified atom stereocenters. The topological polar surface area (TPSA) is 79.8 Å². The first-order valence-electron chi connectivity index (χ1n) is 7.11. The van der Waals surface area contributed by atoms with Gasteiger partial charge in [0.2, 0.25) is 0 Å². The number of fused-ring (bicyclic) bond motifs is 1. The van der Waals surface area contributed by atoms with E-state index in [2.05, 4.69) is 19.9 Å². The van der Waals surface area contributed by atoms with Crippen LogP contribution in [0.5, 0.6) is 0 Å². The van der Waals surface area contributed by atoms with Crippen molar-refractivity contribution < 1.29 is 4.79 Å². The van der Waals surface area contributed by atoms with E-state index in [4.69, 9.17) is 0 Å². The second-order valence-electron chi connectivity index (χ2n) is 4.95. The fourth-order valence-corrected chi connectivity index (χ4v) is 2.35. The van der Waals surface area contributed by atoms with Crippen LogP contribution in [0.2, 0.25) is 0 Å². The van der Waals surface area contributed by atoms with Crippen molar-refractivity contribution in [3.63, 3.8) is 0 Å². The largest absolute Gasteiger partial charge is 0.352 e. The van der Waals surface area contributed by atoms with Crippen molar-refractivity contribution >= 4 is 16.9 Å². The molecule has 0 radical (unpaired) electrons. The molecule has 0 bridgehead atoms. The molecular formula is C16H16N4O2. The summed E-state index contributed by atoms with van der Waals surface area (Å²) >= 11 is 0. The van der Waals surface area contributed by atoms with Crippen LogP contribution in [0.15, 0.2) is 53.7 Å². The van der Waals surface area contributed by atoms with E-state index in [1.165, 1.54) is 12.3 Å². The minimum Gasteiger partial charge on any atom is -0.352 e. The summed E-state index contributed by atoms with van der Waals surface area (Å²) in [6.07, 6.45) is 6.02. The molecule has 0 aliphatic rings. The smallest absolute Gasteiger partial charge is 0.260 e. The van der Waals surface area contributed by atoms with Gasteiger partial charge >= 0.3 is 0 Å². The second kappa shape index (κ2) is 6.26. The average molecular weight is 296 g/mol. The molecular weight excluding hydrogens is 280 g/mol. The Bertz CT molecular complexity index is 850. The summed E-state index contributed by atoms with van der Waals surface area (Å²) < 4.78 is 2.05. The molecule has 3 rings (SSSR count). The van der Waals surface area contributed by atoms with E-state index in [1.54, 1.807) is 12.3 Å². The zero-order chi connectivity index (χ0) is 15.4. The minimum atomic E-state index is -0.374. The molecule has 6 heteroatoms. The summed E-state index contributed by atoms with van der Waals surface area (Å²) in [5.74, 6) is -0.350. The molecule has 0 spiro atoms. The average Bonchev–Trinajstić information content (AvgIpc) is 2.95. The Morgan fingerprint density at radius 3 is 3.05 bits per heavy atom. The van der Waals surface area contributed by atoms with Gasteiger partial charge in [0.25, 0.3) is 11.5 Å². The predicted octanol–water partition coefficient (Wildman–Crippen LogP) is 1.54. The summed E-state index contributed by atoms with van der Waals surface area (Å²) in [6.45, 7) is 1.26. The molecule has 22 heavy (non-hydrogen) atoms.